The Hall–Kier alpha value is -0.980. The SMILES string of the molecule is CC(C)(C)NC(=O)CCN(c1cc(Cl)cc(Cl)c1)S(C)(=O)=O. The van der Waals surface area contributed by atoms with Crippen molar-refractivity contribution >= 4 is 44.8 Å². The van der Waals surface area contributed by atoms with E-state index < -0.39 is 10.0 Å². The fourth-order valence-corrected chi connectivity index (χ4v) is 3.28. The third-order valence-electron chi connectivity index (χ3n) is 2.59. The van der Waals surface area contributed by atoms with Crippen molar-refractivity contribution in [3.8, 4) is 0 Å². The lowest BCUT2D eigenvalue weighted by molar-refractivity contribution is -0.122. The quantitative estimate of drug-likeness (QED) is 0.870. The molecular weight excluding hydrogens is 347 g/mol. The van der Waals surface area contributed by atoms with Gasteiger partial charge in [0, 0.05) is 28.5 Å². The second-order valence-electron chi connectivity index (χ2n) is 6.01. The molecule has 1 amide bonds. The Balaban J connectivity index is 2.94. The van der Waals surface area contributed by atoms with E-state index in [2.05, 4.69) is 5.32 Å². The lowest BCUT2D eigenvalue weighted by Gasteiger charge is -2.24. The van der Waals surface area contributed by atoms with E-state index in [9.17, 15) is 13.2 Å². The molecule has 0 bridgehead atoms. The molecule has 22 heavy (non-hydrogen) atoms. The van der Waals surface area contributed by atoms with E-state index in [1.165, 1.54) is 18.2 Å². The van der Waals surface area contributed by atoms with Crippen LogP contribution in [0.4, 0.5) is 5.69 Å². The molecule has 0 atom stereocenters. The van der Waals surface area contributed by atoms with Gasteiger partial charge in [0.2, 0.25) is 15.9 Å². The average Bonchev–Trinajstić information content (AvgIpc) is 2.22. The van der Waals surface area contributed by atoms with Crippen molar-refractivity contribution in [2.24, 2.45) is 0 Å². The summed E-state index contributed by atoms with van der Waals surface area (Å²) in [4.78, 5) is 11.9. The van der Waals surface area contributed by atoms with Gasteiger partial charge in [-0.15, -0.1) is 0 Å². The monoisotopic (exact) mass is 366 g/mol. The predicted molar refractivity (Wildman–Crippen MR) is 91.2 cm³/mol. The number of nitrogens with zero attached hydrogens (tertiary/aromatic N) is 1. The summed E-state index contributed by atoms with van der Waals surface area (Å²) in [6, 6.07) is 4.51. The van der Waals surface area contributed by atoms with Gasteiger partial charge >= 0.3 is 0 Å². The van der Waals surface area contributed by atoms with E-state index in [-0.39, 0.29) is 24.4 Å². The van der Waals surface area contributed by atoms with Crippen LogP contribution in [0.2, 0.25) is 10.0 Å². The van der Waals surface area contributed by atoms with Gasteiger partial charge in [0.15, 0.2) is 0 Å². The second kappa shape index (κ2) is 7.06. The van der Waals surface area contributed by atoms with Crippen LogP contribution >= 0.6 is 23.2 Å². The third kappa shape index (κ3) is 6.42. The number of benzene rings is 1. The highest BCUT2D eigenvalue weighted by Crippen LogP contribution is 2.27. The van der Waals surface area contributed by atoms with Gasteiger partial charge in [-0.25, -0.2) is 8.42 Å². The molecule has 0 aliphatic carbocycles. The first-order chi connectivity index (χ1) is 9.88. The number of anilines is 1. The zero-order chi connectivity index (χ0) is 17.1. The second-order valence-corrected chi connectivity index (χ2v) is 8.79. The standard InChI is InChI=1S/C14H20Cl2N2O3S/c1-14(2,3)17-13(19)5-6-18(22(4,20)21)12-8-10(15)7-11(16)9-12/h7-9H,5-6H2,1-4H3,(H,17,19). The number of halogens is 2. The van der Waals surface area contributed by atoms with Gasteiger partial charge in [-0.05, 0) is 39.0 Å². The lowest BCUT2D eigenvalue weighted by atomic mass is 10.1. The molecular formula is C14H20Cl2N2O3S. The Morgan fingerprint density at radius 1 is 1.18 bits per heavy atom. The summed E-state index contributed by atoms with van der Waals surface area (Å²) in [5.41, 5.74) is -0.0321. The van der Waals surface area contributed by atoms with Crippen molar-refractivity contribution < 1.29 is 13.2 Å². The maximum absolute atomic E-state index is 12.0. The Morgan fingerprint density at radius 2 is 1.68 bits per heavy atom. The molecule has 0 unspecified atom stereocenters. The van der Waals surface area contributed by atoms with Crippen LogP contribution in [0.25, 0.3) is 0 Å². The summed E-state index contributed by atoms with van der Waals surface area (Å²) < 4.78 is 25.0. The molecule has 1 aromatic rings. The highest BCUT2D eigenvalue weighted by Gasteiger charge is 2.21. The molecule has 0 aliphatic heterocycles. The van der Waals surface area contributed by atoms with Gasteiger partial charge in [0.05, 0.1) is 11.9 Å². The summed E-state index contributed by atoms with van der Waals surface area (Å²) in [6.07, 6.45) is 1.11. The molecule has 8 heteroatoms. The minimum atomic E-state index is -3.55. The highest BCUT2D eigenvalue weighted by atomic mass is 35.5. The van der Waals surface area contributed by atoms with Crippen LogP contribution in [-0.2, 0) is 14.8 Å². The Bertz CT molecular complexity index is 634. The van der Waals surface area contributed by atoms with Crippen molar-refractivity contribution in [2.45, 2.75) is 32.7 Å². The topological polar surface area (TPSA) is 66.5 Å². The highest BCUT2D eigenvalue weighted by molar-refractivity contribution is 7.92. The molecule has 1 rings (SSSR count). The van der Waals surface area contributed by atoms with Gasteiger partial charge < -0.3 is 5.32 Å². The molecule has 124 valence electrons. The minimum absolute atomic E-state index is 0.0113. The number of hydrogen-bond acceptors (Lipinski definition) is 3. The van der Waals surface area contributed by atoms with E-state index in [0.717, 1.165) is 10.6 Å². The molecule has 0 saturated heterocycles. The number of sulfonamides is 1. The van der Waals surface area contributed by atoms with Crippen LogP contribution in [0.5, 0.6) is 0 Å². The van der Waals surface area contributed by atoms with Crippen molar-refractivity contribution in [2.75, 3.05) is 17.1 Å². The molecule has 0 spiro atoms. The van der Waals surface area contributed by atoms with Crippen molar-refractivity contribution in [1.29, 1.82) is 0 Å². The predicted octanol–water partition coefficient (Wildman–Crippen LogP) is 3.06. The van der Waals surface area contributed by atoms with Gasteiger partial charge in [0.1, 0.15) is 0 Å². The number of carbonyl (C=O) groups is 1. The first kappa shape index (κ1) is 19.1. The van der Waals surface area contributed by atoms with Gasteiger partial charge in [0.25, 0.3) is 0 Å². The zero-order valence-corrected chi connectivity index (χ0v) is 15.3. The molecule has 1 N–H and O–H groups in total. The Kier molecular flexibility index (Phi) is 6.12. The number of amides is 1. The number of hydrogen-bond donors (Lipinski definition) is 1. The van der Waals surface area contributed by atoms with Crippen LogP contribution in [0.15, 0.2) is 18.2 Å². The van der Waals surface area contributed by atoms with Gasteiger partial charge in [-0.3, -0.25) is 9.10 Å². The van der Waals surface area contributed by atoms with Crippen molar-refractivity contribution in [1.82, 2.24) is 5.32 Å². The van der Waals surface area contributed by atoms with Crippen LogP contribution in [0, 0.1) is 0 Å². The van der Waals surface area contributed by atoms with E-state index in [1.54, 1.807) is 0 Å². The Labute approximate surface area is 141 Å². The van der Waals surface area contributed by atoms with Crippen LogP contribution < -0.4 is 9.62 Å². The molecule has 5 nitrogen and oxygen atoms in total. The van der Waals surface area contributed by atoms with Gasteiger partial charge in [-0.2, -0.15) is 0 Å². The number of nitrogens with one attached hydrogen (secondary N) is 1. The van der Waals surface area contributed by atoms with E-state index in [0.29, 0.717) is 15.7 Å². The molecule has 0 fully saturated rings. The van der Waals surface area contributed by atoms with Crippen molar-refractivity contribution in [3.05, 3.63) is 28.2 Å². The zero-order valence-electron chi connectivity index (χ0n) is 13.0. The molecule has 1 aromatic carbocycles. The number of rotatable bonds is 5. The first-order valence-corrected chi connectivity index (χ1v) is 9.24. The Morgan fingerprint density at radius 3 is 2.09 bits per heavy atom. The number of carbonyl (C=O) groups excluding carboxylic acids is 1. The normalized spacial score (nSPS) is 12.1. The van der Waals surface area contributed by atoms with Crippen LogP contribution in [0.3, 0.4) is 0 Å². The first-order valence-electron chi connectivity index (χ1n) is 6.63. The van der Waals surface area contributed by atoms with E-state index in [1.807, 2.05) is 20.8 Å². The van der Waals surface area contributed by atoms with E-state index in [4.69, 9.17) is 23.2 Å². The minimum Gasteiger partial charge on any atom is -0.351 e. The largest absolute Gasteiger partial charge is 0.351 e. The van der Waals surface area contributed by atoms with Gasteiger partial charge in [-0.1, -0.05) is 23.2 Å². The molecule has 0 saturated carbocycles. The maximum atomic E-state index is 12.0. The molecule has 0 radical (unpaired) electrons. The summed E-state index contributed by atoms with van der Waals surface area (Å²) in [7, 11) is -3.55. The fourth-order valence-electron chi connectivity index (χ4n) is 1.85. The van der Waals surface area contributed by atoms with E-state index >= 15 is 0 Å². The molecule has 0 aliphatic rings. The lowest BCUT2D eigenvalue weighted by Crippen LogP contribution is -2.42. The average molecular weight is 367 g/mol. The smallest absolute Gasteiger partial charge is 0.232 e. The summed E-state index contributed by atoms with van der Waals surface area (Å²) in [5.74, 6) is -0.228. The van der Waals surface area contributed by atoms with Crippen LogP contribution in [0.1, 0.15) is 27.2 Å². The molecule has 0 heterocycles. The fraction of sp³-hybridized carbons (Fsp3) is 0.500. The molecule has 0 aromatic heterocycles. The maximum Gasteiger partial charge on any atom is 0.232 e. The summed E-state index contributed by atoms with van der Waals surface area (Å²) in [5, 5.41) is 3.45. The summed E-state index contributed by atoms with van der Waals surface area (Å²) >= 11 is 11.8. The van der Waals surface area contributed by atoms with Crippen LogP contribution in [-0.4, -0.2) is 32.7 Å². The summed E-state index contributed by atoms with van der Waals surface area (Å²) in [6.45, 7) is 5.58. The third-order valence-corrected chi connectivity index (χ3v) is 4.22. The van der Waals surface area contributed by atoms with Crippen molar-refractivity contribution in [3.63, 3.8) is 0 Å².